The summed E-state index contributed by atoms with van der Waals surface area (Å²) < 4.78 is 1.63. The maximum Gasteiger partial charge on any atom is 0.156 e. The van der Waals surface area contributed by atoms with Crippen molar-refractivity contribution in [2.45, 2.75) is 13.8 Å². The van der Waals surface area contributed by atoms with Crippen molar-refractivity contribution in [3.63, 3.8) is 0 Å². The van der Waals surface area contributed by atoms with Gasteiger partial charge in [-0.2, -0.15) is 4.68 Å². The van der Waals surface area contributed by atoms with Crippen LogP contribution in [0.15, 0.2) is 18.3 Å². The van der Waals surface area contributed by atoms with E-state index < -0.39 is 0 Å². The van der Waals surface area contributed by atoms with Crippen molar-refractivity contribution in [2.24, 2.45) is 5.73 Å². The molecule has 0 aromatic carbocycles. The van der Waals surface area contributed by atoms with Gasteiger partial charge in [-0.15, -0.1) is 5.10 Å². The molecular formula is C10H12N6. The Hall–Kier alpha value is -2.24. The average molecular weight is 216 g/mol. The molecule has 0 aliphatic rings. The van der Waals surface area contributed by atoms with E-state index in [1.807, 2.05) is 13.8 Å². The van der Waals surface area contributed by atoms with Crippen LogP contribution in [0.25, 0.3) is 5.82 Å². The maximum atomic E-state index is 7.36. The first-order chi connectivity index (χ1) is 7.58. The highest BCUT2D eigenvalue weighted by molar-refractivity contribution is 5.95. The number of nitrogens with two attached hydrogens (primary N) is 1. The minimum Gasteiger partial charge on any atom is -0.384 e. The van der Waals surface area contributed by atoms with Crippen molar-refractivity contribution in [3.8, 4) is 5.82 Å². The summed E-state index contributed by atoms with van der Waals surface area (Å²) in [5, 5.41) is 11.6. The number of nitrogens with one attached hydrogen (secondary N) is 1. The fourth-order valence-corrected chi connectivity index (χ4v) is 1.44. The number of aromatic nitrogens is 4. The molecule has 0 amide bonds. The normalized spacial score (nSPS) is 10.4. The standard InChI is InChI=1S/C10H12N6/c1-6-14-7(2)16(15-6)9-5-8(10(11)12)3-4-13-9/h3-5H,1-2H3,(H3,11,12). The monoisotopic (exact) mass is 216 g/mol. The first-order valence-electron chi connectivity index (χ1n) is 4.79. The molecule has 2 aromatic heterocycles. The third-order valence-corrected chi connectivity index (χ3v) is 2.15. The average Bonchev–Trinajstić information content (AvgIpc) is 2.58. The van der Waals surface area contributed by atoms with Crippen molar-refractivity contribution in [3.05, 3.63) is 35.5 Å². The molecule has 0 aliphatic heterocycles. The summed E-state index contributed by atoms with van der Waals surface area (Å²) in [5.74, 6) is 2.07. The van der Waals surface area contributed by atoms with Crippen molar-refractivity contribution >= 4 is 5.84 Å². The van der Waals surface area contributed by atoms with Gasteiger partial charge in [0.05, 0.1) is 0 Å². The number of nitrogen functional groups attached to an aromatic ring is 1. The summed E-state index contributed by atoms with van der Waals surface area (Å²) in [6.07, 6.45) is 1.60. The van der Waals surface area contributed by atoms with Crippen molar-refractivity contribution in [1.29, 1.82) is 5.41 Å². The number of pyridine rings is 1. The summed E-state index contributed by atoms with van der Waals surface area (Å²) in [4.78, 5) is 8.36. The Bertz CT molecular complexity index is 542. The smallest absolute Gasteiger partial charge is 0.156 e. The number of nitrogens with zero attached hydrogens (tertiary/aromatic N) is 4. The predicted octanol–water partition coefficient (Wildman–Crippen LogP) is 0.563. The molecule has 0 bridgehead atoms. The first-order valence-corrected chi connectivity index (χ1v) is 4.79. The molecule has 2 rings (SSSR count). The van der Waals surface area contributed by atoms with Gasteiger partial charge in [0.25, 0.3) is 0 Å². The lowest BCUT2D eigenvalue weighted by molar-refractivity contribution is 0.803. The van der Waals surface area contributed by atoms with E-state index in [2.05, 4.69) is 15.1 Å². The van der Waals surface area contributed by atoms with Crippen LogP contribution in [0, 0.1) is 19.3 Å². The molecule has 0 aliphatic carbocycles. The Labute approximate surface area is 92.7 Å². The zero-order valence-electron chi connectivity index (χ0n) is 9.10. The lowest BCUT2D eigenvalue weighted by Gasteiger charge is -2.03. The summed E-state index contributed by atoms with van der Waals surface area (Å²) in [6, 6.07) is 3.40. The lowest BCUT2D eigenvalue weighted by Crippen LogP contribution is -2.12. The van der Waals surface area contributed by atoms with Gasteiger partial charge in [0.15, 0.2) is 5.82 Å². The van der Waals surface area contributed by atoms with Gasteiger partial charge < -0.3 is 5.73 Å². The Morgan fingerprint density at radius 2 is 2.19 bits per heavy atom. The number of aryl methyl sites for hydroxylation is 2. The zero-order chi connectivity index (χ0) is 11.7. The van der Waals surface area contributed by atoms with E-state index in [0.29, 0.717) is 17.2 Å². The van der Waals surface area contributed by atoms with Gasteiger partial charge >= 0.3 is 0 Å². The number of hydrogen-bond acceptors (Lipinski definition) is 4. The topological polar surface area (TPSA) is 93.5 Å². The van der Waals surface area contributed by atoms with E-state index in [1.165, 1.54) is 0 Å². The first kappa shape index (κ1) is 10.3. The molecule has 0 spiro atoms. The zero-order valence-corrected chi connectivity index (χ0v) is 9.10. The Morgan fingerprint density at radius 1 is 1.44 bits per heavy atom. The third-order valence-electron chi connectivity index (χ3n) is 2.15. The van der Waals surface area contributed by atoms with Crippen LogP contribution >= 0.6 is 0 Å². The highest BCUT2D eigenvalue weighted by Crippen LogP contribution is 2.08. The summed E-state index contributed by atoms with van der Waals surface area (Å²) in [7, 11) is 0. The maximum absolute atomic E-state index is 7.36. The van der Waals surface area contributed by atoms with E-state index in [1.54, 1.807) is 23.0 Å². The quantitative estimate of drug-likeness (QED) is 0.566. The highest BCUT2D eigenvalue weighted by atomic mass is 15.4. The lowest BCUT2D eigenvalue weighted by atomic mass is 10.2. The van der Waals surface area contributed by atoms with Crippen molar-refractivity contribution < 1.29 is 0 Å². The number of amidine groups is 1. The minimum atomic E-state index is 0.0122. The van der Waals surface area contributed by atoms with E-state index in [4.69, 9.17) is 11.1 Å². The van der Waals surface area contributed by atoms with Crippen LogP contribution in [-0.2, 0) is 0 Å². The molecule has 0 atom stereocenters. The van der Waals surface area contributed by atoms with Crippen LogP contribution in [0.3, 0.4) is 0 Å². The fourth-order valence-electron chi connectivity index (χ4n) is 1.44. The second-order valence-corrected chi connectivity index (χ2v) is 3.43. The van der Waals surface area contributed by atoms with Gasteiger partial charge in [-0.1, -0.05) is 0 Å². The Kier molecular flexibility index (Phi) is 2.40. The van der Waals surface area contributed by atoms with Crippen LogP contribution in [0.1, 0.15) is 17.2 Å². The van der Waals surface area contributed by atoms with Crippen molar-refractivity contribution in [2.75, 3.05) is 0 Å². The van der Waals surface area contributed by atoms with E-state index in [0.717, 1.165) is 5.82 Å². The largest absolute Gasteiger partial charge is 0.384 e. The molecular weight excluding hydrogens is 204 g/mol. The molecule has 0 saturated heterocycles. The van der Waals surface area contributed by atoms with Crippen LogP contribution < -0.4 is 5.73 Å². The second kappa shape index (κ2) is 3.73. The van der Waals surface area contributed by atoms with Gasteiger partial charge in [-0.3, -0.25) is 5.41 Å². The molecule has 0 unspecified atom stereocenters. The van der Waals surface area contributed by atoms with Crippen LogP contribution in [0.2, 0.25) is 0 Å². The van der Waals surface area contributed by atoms with Gasteiger partial charge in [0.2, 0.25) is 0 Å². The number of hydrogen-bond donors (Lipinski definition) is 2. The number of rotatable bonds is 2. The molecule has 2 aromatic rings. The second-order valence-electron chi connectivity index (χ2n) is 3.43. The third kappa shape index (κ3) is 1.77. The van der Waals surface area contributed by atoms with E-state index in [-0.39, 0.29) is 5.84 Å². The molecule has 2 heterocycles. The minimum absolute atomic E-state index is 0.0122. The van der Waals surface area contributed by atoms with E-state index >= 15 is 0 Å². The molecule has 6 nitrogen and oxygen atoms in total. The Morgan fingerprint density at radius 3 is 2.75 bits per heavy atom. The molecule has 3 N–H and O–H groups in total. The van der Waals surface area contributed by atoms with Gasteiger partial charge in [-0.25, -0.2) is 9.97 Å². The summed E-state index contributed by atoms with van der Waals surface area (Å²) >= 11 is 0. The predicted molar refractivity (Wildman–Crippen MR) is 59.6 cm³/mol. The summed E-state index contributed by atoms with van der Waals surface area (Å²) in [5.41, 5.74) is 6.04. The van der Waals surface area contributed by atoms with Gasteiger partial charge in [0.1, 0.15) is 17.5 Å². The molecule has 82 valence electrons. The molecule has 0 radical (unpaired) electrons. The Balaban J connectivity index is 2.52. The van der Waals surface area contributed by atoms with Crippen LogP contribution in [0.4, 0.5) is 0 Å². The SMILES string of the molecule is Cc1nc(C)n(-c2cc(C(=N)N)ccn2)n1. The molecule has 0 fully saturated rings. The molecule has 6 heteroatoms. The van der Waals surface area contributed by atoms with Gasteiger partial charge in [-0.05, 0) is 26.0 Å². The van der Waals surface area contributed by atoms with Crippen molar-refractivity contribution in [1.82, 2.24) is 19.7 Å². The summed E-state index contributed by atoms with van der Waals surface area (Å²) in [6.45, 7) is 3.67. The van der Waals surface area contributed by atoms with Crippen LogP contribution in [-0.4, -0.2) is 25.6 Å². The van der Waals surface area contributed by atoms with Gasteiger partial charge in [0, 0.05) is 11.8 Å². The molecule has 16 heavy (non-hydrogen) atoms. The highest BCUT2D eigenvalue weighted by Gasteiger charge is 2.07. The fraction of sp³-hybridized carbons (Fsp3) is 0.200. The van der Waals surface area contributed by atoms with Crippen LogP contribution in [0.5, 0.6) is 0 Å². The van der Waals surface area contributed by atoms with E-state index in [9.17, 15) is 0 Å². The molecule has 0 saturated carbocycles.